The van der Waals surface area contributed by atoms with Crippen LogP contribution >= 0.6 is 72.4 Å². The zero-order chi connectivity index (χ0) is 27.1. The summed E-state index contributed by atoms with van der Waals surface area (Å²) in [5, 5.41) is 10.7. The number of aliphatic hydroxyl groups excluding tert-OH is 1. The van der Waals surface area contributed by atoms with Crippen molar-refractivity contribution in [3.05, 3.63) is 22.0 Å². The summed E-state index contributed by atoms with van der Waals surface area (Å²) in [5.41, 5.74) is 0.0679. The Balaban J connectivity index is 1.01. The molecule has 1 aliphatic carbocycles. The molecule has 38 heavy (non-hydrogen) atoms. The normalized spacial score (nSPS) is 27.3. The Labute approximate surface area is 259 Å². The minimum atomic E-state index is -0.218. The first-order chi connectivity index (χ1) is 18.1. The van der Waals surface area contributed by atoms with E-state index in [1.165, 1.54) is 22.7 Å². The molecule has 3 atom stereocenters. The van der Waals surface area contributed by atoms with Crippen LogP contribution in [0.2, 0.25) is 0 Å². The zero-order valence-electron chi connectivity index (χ0n) is 22.6. The van der Waals surface area contributed by atoms with Gasteiger partial charge in [0.1, 0.15) is 9.98 Å². The lowest BCUT2D eigenvalue weighted by Crippen LogP contribution is -2.53. The van der Waals surface area contributed by atoms with E-state index >= 15 is 0 Å². The number of thioether (sulfide) groups is 2. The first kappa shape index (κ1) is 29.6. The lowest BCUT2D eigenvalue weighted by Gasteiger charge is -2.44. The number of aliphatic hydroxyl groups is 1. The Morgan fingerprint density at radius 2 is 1.47 bits per heavy atom. The SMILES string of the molecule is CC(C)(CCCCC(O)CCCCC1(N2C(=S)C=C3SCCC3C2=S)CC1)N1C(=S)C=C2SCCC2C1=S. The molecule has 4 aliphatic heterocycles. The van der Waals surface area contributed by atoms with Crippen molar-refractivity contribution in [1.29, 1.82) is 0 Å². The molecule has 1 saturated carbocycles. The van der Waals surface area contributed by atoms with Gasteiger partial charge in [-0.3, -0.25) is 0 Å². The molecule has 3 fully saturated rings. The summed E-state index contributed by atoms with van der Waals surface area (Å²) >= 11 is 27.2. The number of unbranched alkanes of at least 4 members (excludes halogenated alkanes) is 2. The van der Waals surface area contributed by atoms with Crippen molar-refractivity contribution >= 4 is 92.3 Å². The summed E-state index contributed by atoms with van der Waals surface area (Å²) in [5.74, 6) is 3.10. The van der Waals surface area contributed by atoms with Gasteiger partial charge in [0.05, 0.1) is 16.1 Å². The van der Waals surface area contributed by atoms with Gasteiger partial charge in [0.15, 0.2) is 0 Å². The molecule has 0 aromatic rings. The van der Waals surface area contributed by atoms with Gasteiger partial charge in [-0.15, -0.1) is 23.5 Å². The second-order valence-corrected chi connectivity index (χ2v) is 16.2. The molecule has 0 radical (unpaired) electrons. The third kappa shape index (κ3) is 6.14. The van der Waals surface area contributed by atoms with Crippen molar-refractivity contribution in [2.75, 3.05) is 11.5 Å². The smallest absolute Gasteiger partial charge is 0.108 e. The number of thiocarbonyl (C=S) groups is 4. The fraction of sp³-hybridized carbons (Fsp3) is 0.724. The summed E-state index contributed by atoms with van der Waals surface area (Å²) in [6.45, 7) is 4.52. The fourth-order valence-corrected chi connectivity index (χ4v) is 11.4. The maximum atomic E-state index is 10.7. The lowest BCUT2D eigenvalue weighted by molar-refractivity contribution is 0.144. The minimum absolute atomic E-state index is 0.0876. The molecule has 0 amide bonds. The van der Waals surface area contributed by atoms with Crippen LogP contribution in [0.25, 0.3) is 0 Å². The van der Waals surface area contributed by atoms with Gasteiger partial charge in [-0.05, 0) is 98.7 Å². The van der Waals surface area contributed by atoms with Crippen LogP contribution in [0.1, 0.15) is 90.9 Å². The second kappa shape index (κ2) is 12.1. The first-order valence-corrected chi connectivity index (χ1v) is 17.9. The average Bonchev–Trinajstić information content (AvgIpc) is 3.23. The maximum Gasteiger partial charge on any atom is 0.108 e. The lowest BCUT2D eigenvalue weighted by atomic mass is 9.90. The summed E-state index contributed by atoms with van der Waals surface area (Å²) in [4.78, 5) is 11.2. The zero-order valence-corrected chi connectivity index (χ0v) is 27.5. The molecule has 3 nitrogen and oxygen atoms in total. The number of hydrogen-bond acceptors (Lipinski definition) is 7. The summed E-state index contributed by atoms with van der Waals surface area (Å²) in [6, 6.07) is 0. The minimum Gasteiger partial charge on any atom is -0.393 e. The van der Waals surface area contributed by atoms with E-state index in [1.807, 2.05) is 23.5 Å². The van der Waals surface area contributed by atoms with Crippen molar-refractivity contribution in [2.24, 2.45) is 11.8 Å². The average molecular weight is 625 g/mol. The van der Waals surface area contributed by atoms with E-state index in [2.05, 4.69) is 35.8 Å². The van der Waals surface area contributed by atoms with Crippen molar-refractivity contribution < 1.29 is 5.11 Å². The fourth-order valence-electron chi connectivity index (χ4n) is 6.57. The monoisotopic (exact) mass is 624 g/mol. The van der Waals surface area contributed by atoms with E-state index in [0.717, 1.165) is 95.7 Å². The standard InChI is InChI=1S/C29H40N2OS6/c1-28(2,30-24(33)17-22-20(26(30)35)9-15-37-22)11-5-3-7-19(32)8-4-6-12-29(13-14-29)31-25(34)18-23-21(27(31)36)10-16-38-23/h17-21,32H,3-16H2,1-2H3. The quantitative estimate of drug-likeness (QED) is 0.171. The molecule has 1 N–H and O–H groups in total. The highest BCUT2D eigenvalue weighted by atomic mass is 32.2. The van der Waals surface area contributed by atoms with Crippen LogP contribution in [0.3, 0.4) is 0 Å². The molecular formula is C29H40N2OS6. The second-order valence-electron chi connectivity index (χ2n) is 12.2. The van der Waals surface area contributed by atoms with E-state index in [1.54, 1.807) is 0 Å². The van der Waals surface area contributed by atoms with Gasteiger partial charge in [0.25, 0.3) is 0 Å². The number of fused-ring (bicyclic) bond motifs is 2. The number of nitrogens with zero attached hydrogens (tertiary/aromatic N) is 2. The van der Waals surface area contributed by atoms with Crippen LogP contribution < -0.4 is 0 Å². The van der Waals surface area contributed by atoms with Gasteiger partial charge < -0.3 is 14.9 Å². The summed E-state index contributed by atoms with van der Waals surface area (Å²) < 4.78 is 0. The molecule has 3 unspecified atom stereocenters. The van der Waals surface area contributed by atoms with Gasteiger partial charge in [-0.1, -0.05) is 74.6 Å². The molecule has 5 rings (SSSR count). The molecule has 0 bridgehead atoms. The maximum absolute atomic E-state index is 10.7. The van der Waals surface area contributed by atoms with E-state index < -0.39 is 0 Å². The van der Waals surface area contributed by atoms with E-state index in [4.69, 9.17) is 48.9 Å². The summed E-state index contributed by atoms with van der Waals surface area (Å²) in [6.07, 6.45) is 17.0. The Kier molecular flexibility index (Phi) is 9.45. The topological polar surface area (TPSA) is 26.7 Å². The Morgan fingerprint density at radius 1 is 0.895 bits per heavy atom. The van der Waals surface area contributed by atoms with Gasteiger partial charge in [0, 0.05) is 22.9 Å². The van der Waals surface area contributed by atoms with Gasteiger partial charge in [0.2, 0.25) is 0 Å². The van der Waals surface area contributed by atoms with E-state index in [9.17, 15) is 5.11 Å². The molecule has 5 aliphatic rings. The van der Waals surface area contributed by atoms with Crippen LogP contribution in [0.4, 0.5) is 0 Å². The summed E-state index contributed by atoms with van der Waals surface area (Å²) in [7, 11) is 0. The predicted octanol–water partition coefficient (Wildman–Crippen LogP) is 7.99. The van der Waals surface area contributed by atoms with Gasteiger partial charge >= 0.3 is 0 Å². The largest absolute Gasteiger partial charge is 0.393 e. The highest BCUT2D eigenvalue weighted by Crippen LogP contribution is 2.51. The van der Waals surface area contributed by atoms with Crippen molar-refractivity contribution in [3.8, 4) is 0 Å². The first-order valence-electron chi connectivity index (χ1n) is 14.3. The molecule has 4 heterocycles. The predicted molar refractivity (Wildman–Crippen MR) is 180 cm³/mol. The van der Waals surface area contributed by atoms with Crippen LogP contribution in [-0.4, -0.2) is 63.5 Å². The Bertz CT molecular complexity index is 991. The molecule has 9 heteroatoms. The van der Waals surface area contributed by atoms with Gasteiger partial charge in [-0.25, -0.2) is 0 Å². The number of rotatable bonds is 12. The van der Waals surface area contributed by atoms with E-state index in [-0.39, 0.29) is 17.2 Å². The molecule has 0 spiro atoms. The highest BCUT2D eigenvalue weighted by molar-refractivity contribution is 8.03. The van der Waals surface area contributed by atoms with Crippen LogP contribution in [0.5, 0.6) is 0 Å². The van der Waals surface area contributed by atoms with Crippen molar-refractivity contribution in [1.82, 2.24) is 9.80 Å². The number of hydrogen-bond donors (Lipinski definition) is 1. The van der Waals surface area contributed by atoms with Crippen LogP contribution in [0, 0.1) is 11.8 Å². The molecule has 208 valence electrons. The Hall–Kier alpha value is 0.1000. The van der Waals surface area contributed by atoms with Crippen LogP contribution in [0.15, 0.2) is 22.0 Å². The van der Waals surface area contributed by atoms with Crippen LogP contribution in [-0.2, 0) is 0 Å². The molecule has 0 aromatic carbocycles. The molecule has 0 aromatic heterocycles. The highest BCUT2D eigenvalue weighted by Gasteiger charge is 2.52. The van der Waals surface area contributed by atoms with E-state index in [0.29, 0.717) is 11.8 Å². The Morgan fingerprint density at radius 3 is 2.11 bits per heavy atom. The third-order valence-electron chi connectivity index (χ3n) is 8.96. The van der Waals surface area contributed by atoms with Gasteiger partial charge in [-0.2, -0.15) is 0 Å². The third-order valence-corrected chi connectivity index (χ3v) is 12.8. The molecular weight excluding hydrogens is 585 g/mol. The molecule has 2 saturated heterocycles. The van der Waals surface area contributed by atoms with Crippen molar-refractivity contribution in [2.45, 2.75) is 108 Å². The van der Waals surface area contributed by atoms with Crippen molar-refractivity contribution in [3.63, 3.8) is 0 Å².